The third-order valence-electron chi connectivity index (χ3n) is 3.77. The van der Waals surface area contributed by atoms with Gasteiger partial charge in [0.25, 0.3) is 5.91 Å². The summed E-state index contributed by atoms with van der Waals surface area (Å²) in [6.07, 6.45) is 5.53. The fourth-order valence-corrected chi connectivity index (χ4v) is 3.42. The maximum atomic E-state index is 12.1. The van der Waals surface area contributed by atoms with Crippen LogP contribution >= 0.6 is 0 Å². The quantitative estimate of drug-likeness (QED) is 0.852. The molecule has 116 valence electrons. The van der Waals surface area contributed by atoms with Crippen LogP contribution in [-0.2, 0) is 10.0 Å². The zero-order valence-corrected chi connectivity index (χ0v) is 13.2. The summed E-state index contributed by atoms with van der Waals surface area (Å²) in [4.78, 5) is 20.0. The molecule has 1 fully saturated rings. The van der Waals surface area contributed by atoms with Crippen molar-refractivity contribution >= 4 is 15.9 Å². The van der Waals surface area contributed by atoms with Crippen molar-refractivity contribution in [1.29, 1.82) is 0 Å². The van der Waals surface area contributed by atoms with E-state index in [-0.39, 0.29) is 29.5 Å². The molecular weight excluding hydrogens is 292 g/mol. The summed E-state index contributed by atoms with van der Waals surface area (Å²) in [5.41, 5.74) is 0.234. The van der Waals surface area contributed by atoms with E-state index < -0.39 is 10.0 Å². The van der Waals surface area contributed by atoms with Crippen molar-refractivity contribution in [3.63, 3.8) is 0 Å². The Balaban J connectivity index is 2.12. The Morgan fingerprint density at radius 2 is 2.10 bits per heavy atom. The molecule has 0 saturated carbocycles. The highest BCUT2D eigenvalue weighted by molar-refractivity contribution is 7.88. The van der Waals surface area contributed by atoms with Gasteiger partial charge in [-0.25, -0.2) is 13.4 Å². The first-order valence-corrected chi connectivity index (χ1v) is 8.66. The number of hydrogen-bond donors (Lipinski definition) is 1. The lowest BCUT2D eigenvalue weighted by Crippen LogP contribution is -2.42. The molecule has 0 aromatic carbocycles. The second-order valence-corrected chi connectivity index (χ2v) is 7.64. The number of rotatable bonds is 4. The molecule has 0 bridgehead atoms. The summed E-state index contributed by atoms with van der Waals surface area (Å²) in [5, 5.41) is 2.88. The number of amides is 1. The van der Waals surface area contributed by atoms with Gasteiger partial charge in [0.2, 0.25) is 10.0 Å². The van der Waals surface area contributed by atoms with E-state index in [0.717, 1.165) is 0 Å². The maximum Gasteiger partial charge on any atom is 0.271 e. The summed E-state index contributed by atoms with van der Waals surface area (Å²) in [6.45, 7) is 4.78. The van der Waals surface area contributed by atoms with Crippen LogP contribution in [0.1, 0.15) is 24.3 Å². The van der Waals surface area contributed by atoms with E-state index in [1.807, 2.05) is 13.8 Å². The zero-order chi connectivity index (χ0) is 15.6. The number of nitrogens with zero attached hydrogens (tertiary/aromatic N) is 3. The highest BCUT2D eigenvalue weighted by Gasteiger charge is 2.39. The van der Waals surface area contributed by atoms with Crippen molar-refractivity contribution in [3.8, 4) is 0 Å². The Morgan fingerprint density at radius 3 is 2.62 bits per heavy atom. The van der Waals surface area contributed by atoms with Gasteiger partial charge >= 0.3 is 0 Å². The third-order valence-corrected chi connectivity index (χ3v) is 5.01. The SMILES string of the molecule is CC(C)[C@@H]1CN(S(C)(=O)=O)C[C@H]1NC(=O)c1cnccn1. The van der Waals surface area contributed by atoms with E-state index in [2.05, 4.69) is 15.3 Å². The monoisotopic (exact) mass is 312 g/mol. The van der Waals surface area contributed by atoms with Gasteiger partial charge in [0.05, 0.1) is 12.5 Å². The minimum Gasteiger partial charge on any atom is -0.346 e. The fourth-order valence-electron chi connectivity index (χ4n) is 2.55. The molecule has 21 heavy (non-hydrogen) atoms. The van der Waals surface area contributed by atoms with Crippen LogP contribution in [-0.4, -0.2) is 54.0 Å². The zero-order valence-electron chi connectivity index (χ0n) is 12.4. The molecular formula is C13H20N4O3S. The van der Waals surface area contributed by atoms with Gasteiger partial charge in [-0.15, -0.1) is 0 Å². The van der Waals surface area contributed by atoms with Crippen LogP contribution in [0.25, 0.3) is 0 Å². The van der Waals surface area contributed by atoms with Gasteiger partial charge in [-0.1, -0.05) is 13.8 Å². The molecule has 2 heterocycles. The predicted octanol–water partition coefficient (Wildman–Crippen LogP) is 0.122. The molecule has 1 aromatic heterocycles. The smallest absolute Gasteiger partial charge is 0.271 e. The van der Waals surface area contributed by atoms with Crippen molar-refractivity contribution < 1.29 is 13.2 Å². The standard InChI is InChI=1S/C13H20N4O3S/c1-9(2)10-7-17(21(3,19)20)8-12(10)16-13(18)11-6-14-4-5-15-11/h4-6,9-10,12H,7-8H2,1-3H3,(H,16,18)/t10-,12+/m0/s1. The lowest BCUT2D eigenvalue weighted by molar-refractivity contribution is 0.0920. The molecule has 1 N–H and O–H groups in total. The van der Waals surface area contributed by atoms with Crippen LogP contribution in [0.3, 0.4) is 0 Å². The molecule has 1 aliphatic heterocycles. The van der Waals surface area contributed by atoms with Gasteiger partial charge in [0.1, 0.15) is 5.69 Å². The van der Waals surface area contributed by atoms with Crippen LogP contribution < -0.4 is 5.32 Å². The summed E-state index contributed by atoms with van der Waals surface area (Å²) in [6, 6.07) is -0.214. The van der Waals surface area contributed by atoms with Gasteiger partial charge in [-0.05, 0) is 11.8 Å². The number of hydrogen-bond acceptors (Lipinski definition) is 5. The minimum atomic E-state index is -3.25. The second-order valence-electron chi connectivity index (χ2n) is 5.66. The summed E-state index contributed by atoms with van der Waals surface area (Å²) in [5.74, 6) is 0.0263. The molecule has 0 aliphatic carbocycles. The first-order valence-electron chi connectivity index (χ1n) is 6.81. The van der Waals surface area contributed by atoms with Gasteiger partial charge in [0, 0.05) is 31.5 Å². The lowest BCUT2D eigenvalue weighted by atomic mass is 9.91. The molecule has 1 aromatic rings. The highest BCUT2D eigenvalue weighted by atomic mass is 32.2. The maximum absolute atomic E-state index is 12.1. The third kappa shape index (κ3) is 3.76. The minimum absolute atomic E-state index is 0.0837. The molecule has 7 nitrogen and oxygen atoms in total. The molecule has 0 radical (unpaired) electrons. The Morgan fingerprint density at radius 1 is 1.38 bits per heavy atom. The van der Waals surface area contributed by atoms with Crippen molar-refractivity contribution in [2.75, 3.05) is 19.3 Å². The Labute approximate surface area is 124 Å². The Bertz CT molecular complexity index is 603. The Kier molecular flexibility index (Phi) is 4.58. The molecule has 0 spiro atoms. The summed E-state index contributed by atoms with van der Waals surface area (Å²) < 4.78 is 24.8. The highest BCUT2D eigenvalue weighted by Crippen LogP contribution is 2.26. The first kappa shape index (κ1) is 15.8. The molecule has 8 heteroatoms. The normalized spacial score (nSPS) is 23.4. The van der Waals surface area contributed by atoms with Crippen LogP contribution in [0.15, 0.2) is 18.6 Å². The summed E-state index contributed by atoms with van der Waals surface area (Å²) >= 11 is 0. The first-order chi connectivity index (χ1) is 9.79. The van der Waals surface area contributed by atoms with Gasteiger partial charge in [0.15, 0.2) is 0 Å². The number of carbonyl (C=O) groups excluding carboxylic acids is 1. The van der Waals surface area contributed by atoms with E-state index in [1.54, 1.807) is 0 Å². The van der Waals surface area contributed by atoms with Crippen LogP contribution in [0, 0.1) is 11.8 Å². The van der Waals surface area contributed by atoms with E-state index in [0.29, 0.717) is 13.1 Å². The molecule has 1 aliphatic rings. The number of sulfonamides is 1. The molecule has 1 saturated heterocycles. The summed E-state index contributed by atoms with van der Waals surface area (Å²) in [7, 11) is -3.25. The van der Waals surface area contributed by atoms with E-state index in [1.165, 1.54) is 29.2 Å². The average molecular weight is 312 g/mol. The molecule has 2 rings (SSSR count). The molecule has 1 amide bonds. The predicted molar refractivity (Wildman–Crippen MR) is 78.0 cm³/mol. The number of carbonyl (C=O) groups is 1. The lowest BCUT2D eigenvalue weighted by Gasteiger charge is -2.22. The van der Waals surface area contributed by atoms with Crippen molar-refractivity contribution in [3.05, 3.63) is 24.3 Å². The van der Waals surface area contributed by atoms with Crippen molar-refractivity contribution in [1.82, 2.24) is 19.6 Å². The van der Waals surface area contributed by atoms with Crippen molar-refractivity contribution in [2.45, 2.75) is 19.9 Å². The van der Waals surface area contributed by atoms with Crippen LogP contribution in [0.5, 0.6) is 0 Å². The molecule has 0 unspecified atom stereocenters. The van der Waals surface area contributed by atoms with Gasteiger partial charge in [-0.3, -0.25) is 9.78 Å². The van der Waals surface area contributed by atoms with E-state index >= 15 is 0 Å². The van der Waals surface area contributed by atoms with Crippen molar-refractivity contribution in [2.24, 2.45) is 11.8 Å². The van der Waals surface area contributed by atoms with E-state index in [9.17, 15) is 13.2 Å². The van der Waals surface area contributed by atoms with Gasteiger partial charge < -0.3 is 5.32 Å². The number of nitrogens with one attached hydrogen (secondary N) is 1. The Hall–Kier alpha value is -1.54. The topological polar surface area (TPSA) is 92.3 Å². The molecule has 2 atom stereocenters. The second kappa shape index (κ2) is 6.07. The largest absolute Gasteiger partial charge is 0.346 e. The van der Waals surface area contributed by atoms with Crippen LogP contribution in [0.2, 0.25) is 0 Å². The van der Waals surface area contributed by atoms with Gasteiger partial charge in [-0.2, -0.15) is 4.31 Å². The van der Waals surface area contributed by atoms with Crippen LogP contribution in [0.4, 0.5) is 0 Å². The number of aromatic nitrogens is 2. The average Bonchev–Trinajstić information content (AvgIpc) is 2.84. The fraction of sp³-hybridized carbons (Fsp3) is 0.615. The van der Waals surface area contributed by atoms with E-state index in [4.69, 9.17) is 0 Å².